The van der Waals surface area contributed by atoms with Crippen molar-refractivity contribution in [3.05, 3.63) is 0 Å². The number of hydrogen-bond donors (Lipinski definition) is 2. The fourth-order valence-electron chi connectivity index (χ4n) is 3.05. The zero-order valence-electron chi connectivity index (χ0n) is 18.0. The predicted octanol–water partition coefficient (Wildman–Crippen LogP) is 1.48. The average Bonchev–Trinajstić information content (AvgIpc) is 2.62. The minimum Gasteiger partial charge on any atom is -0.382 e. The molecule has 0 amide bonds. The summed E-state index contributed by atoms with van der Waals surface area (Å²) in [5.74, 6) is 1.50. The quantitative estimate of drug-likeness (QED) is 0.184. The fraction of sp³-hybridized carbons (Fsp3) is 0.947. The Bertz CT molecular complexity index is 377. The van der Waals surface area contributed by atoms with Crippen LogP contribution in [-0.2, 0) is 9.47 Å². The Morgan fingerprint density at radius 3 is 2.37 bits per heavy atom. The first-order valence-electron chi connectivity index (χ1n) is 10.1. The summed E-state index contributed by atoms with van der Waals surface area (Å²) in [7, 11) is 3.89. The van der Waals surface area contributed by atoms with Crippen LogP contribution in [0, 0.1) is 5.92 Å². The second-order valence-corrected chi connectivity index (χ2v) is 7.26. The highest BCUT2D eigenvalue weighted by Crippen LogP contribution is 2.13. The van der Waals surface area contributed by atoms with E-state index in [1.165, 1.54) is 0 Å². The Kier molecular flexibility index (Phi) is 16.7. The Hall–Kier alpha value is -0.160. The van der Waals surface area contributed by atoms with Crippen molar-refractivity contribution in [2.75, 3.05) is 79.8 Å². The van der Waals surface area contributed by atoms with Gasteiger partial charge in [0.05, 0.1) is 19.8 Å². The maximum absolute atomic E-state index is 5.50. The molecule has 1 unspecified atom stereocenters. The molecule has 0 aromatic carbocycles. The first-order chi connectivity index (χ1) is 12.6. The van der Waals surface area contributed by atoms with E-state index in [4.69, 9.17) is 14.5 Å². The van der Waals surface area contributed by atoms with Crippen LogP contribution in [-0.4, -0.2) is 102 Å². The molecule has 0 saturated carbocycles. The molecule has 0 aromatic heterocycles. The average molecular weight is 499 g/mol. The summed E-state index contributed by atoms with van der Waals surface area (Å²) in [6.45, 7) is 15.9. The Morgan fingerprint density at radius 2 is 1.78 bits per heavy atom. The molecule has 27 heavy (non-hydrogen) atoms. The third-order valence-electron chi connectivity index (χ3n) is 4.75. The highest BCUT2D eigenvalue weighted by molar-refractivity contribution is 14.0. The Labute approximate surface area is 183 Å². The Balaban J connectivity index is 0.00000676. The summed E-state index contributed by atoms with van der Waals surface area (Å²) in [4.78, 5) is 9.85. The van der Waals surface area contributed by atoms with E-state index in [0.29, 0.717) is 25.2 Å². The van der Waals surface area contributed by atoms with E-state index in [1.807, 2.05) is 0 Å². The molecule has 1 atom stereocenters. The SMILES string of the molecule is CCNC(=NCC(C(C)C)N1CCN(C)CC1)NCCCOCCOC.I. The molecule has 1 rings (SSSR count). The minimum absolute atomic E-state index is 0. The number of rotatable bonds is 12. The van der Waals surface area contributed by atoms with Crippen LogP contribution in [0.5, 0.6) is 0 Å². The van der Waals surface area contributed by atoms with E-state index in [9.17, 15) is 0 Å². The molecule has 162 valence electrons. The van der Waals surface area contributed by atoms with Crippen LogP contribution in [0.1, 0.15) is 27.2 Å². The van der Waals surface area contributed by atoms with Crippen LogP contribution in [0.3, 0.4) is 0 Å². The van der Waals surface area contributed by atoms with Crippen LogP contribution in [0.25, 0.3) is 0 Å². The van der Waals surface area contributed by atoms with Crippen molar-refractivity contribution >= 4 is 29.9 Å². The number of ether oxygens (including phenoxy) is 2. The normalized spacial score (nSPS) is 17.6. The van der Waals surface area contributed by atoms with Crippen LogP contribution in [0.15, 0.2) is 4.99 Å². The molecule has 0 radical (unpaired) electrons. The number of guanidine groups is 1. The zero-order chi connectivity index (χ0) is 19.2. The van der Waals surface area contributed by atoms with E-state index in [2.05, 4.69) is 48.3 Å². The number of nitrogens with zero attached hydrogens (tertiary/aromatic N) is 3. The molecule has 1 heterocycles. The van der Waals surface area contributed by atoms with E-state index in [0.717, 1.165) is 64.8 Å². The van der Waals surface area contributed by atoms with Crippen LogP contribution in [0.4, 0.5) is 0 Å². The number of hydrogen-bond acceptors (Lipinski definition) is 5. The number of aliphatic imine (C=N–C) groups is 1. The molecular weight excluding hydrogens is 457 g/mol. The molecule has 8 heteroatoms. The number of piperazine rings is 1. The van der Waals surface area contributed by atoms with Gasteiger partial charge in [0.2, 0.25) is 0 Å². The first-order valence-corrected chi connectivity index (χ1v) is 10.1. The van der Waals surface area contributed by atoms with Crippen molar-refractivity contribution in [3.8, 4) is 0 Å². The van der Waals surface area contributed by atoms with E-state index in [1.54, 1.807) is 7.11 Å². The van der Waals surface area contributed by atoms with Gasteiger partial charge in [0.15, 0.2) is 5.96 Å². The lowest BCUT2D eigenvalue weighted by Crippen LogP contribution is -2.52. The van der Waals surface area contributed by atoms with Gasteiger partial charge >= 0.3 is 0 Å². The van der Waals surface area contributed by atoms with Crippen molar-refractivity contribution in [2.24, 2.45) is 10.9 Å². The summed E-state index contributed by atoms with van der Waals surface area (Å²) >= 11 is 0. The van der Waals surface area contributed by atoms with Gasteiger partial charge in [0, 0.05) is 59.0 Å². The number of likely N-dealkylation sites (N-methyl/N-ethyl adjacent to an activating group) is 1. The van der Waals surface area contributed by atoms with Gasteiger partial charge in [-0.3, -0.25) is 9.89 Å². The van der Waals surface area contributed by atoms with Gasteiger partial charge in [0.25, 0.3) is 0 Å². The largest absolute Gasteiger partial charge is 0.382 e. The maximum Gasteiger partial charge on any atom is 0.191 e. The fourth-order valence-corrected chi connectivity index (χ4v) is 3.05. The number of halogens is 1. The van der Waals surface area contributed by atoms with Gasteiger partial charge in [-0.05, 0) is 26.3 Å². The highest BCUT2D eigenvalue weighted by atomic mass is 127. The monoisotopic (exact) mass is 499 g/mol. The summed E-state index contributed by atoms with van der Waals surface area (Å²) in [6.07, 6.45) is 0.959. The summed E-state index contributed by atoms with van der Waals surface area (Å²) in [5.41, 5.74) is 0. The molecule has 2 N–H and O–H groups in total. The standard InChI is InChI=1S/C19H41N5O2.HI/c1-6-20-19(21-8-7-13-26-15-14-25-5)22-16-18(17(2)3)24-11-9-23(4)10-12-24;/h17-18H,6-16H2,1-5H3,(H2,20,21,22);1H. The third kappa shape index (κ3) is 12.1. The topological polar surface area (TPSA) is 61.4 Å². The second kappa shape index (κ2) is 16.8. The third-order valence-corrected chi connectivity index (χ3v) is 4.75. The van der Waals surface area contributed by atoms with Gasteiger partial charge < -0.3 is 25.0 Å². The van der Waals surface area contributed by atoms with Crippen LogP contribution < -0.4 is 10.6 Å². The van der Waals surface area contributed by atoms with E-state index in [-0.39, 0.29) is 24.0 Å². The molecule has 0 aromatic rings. The molecule has 1 fully saturated rings. The van der Waals surface area contributed by atoms with Crippen molar-refractivity contribution < 1.29 is 9.47 Å². The first kappa shape index (κ1) is 26.8. The van der Waals surface area contributed by atoms with Gasteiger partial charge in [0.1, 0.15) is 0 Å². The van der Waals surface area contributed by atoms with Crippen molar-refractivity contribution in [2.45, 2.75) is 33.2 Å². The summed E-state index contributed by atoms with van der Waals surface area (Å²) < 4.78 is 10.5. The smallest absolute Gasteiger partial charge is 0.191 e. The molecule has 0 spiro atoms. The number of methoxy groups -OCH3 is 1. The predicted molar refractivity (Wildman–Crippen MR) is 124 cm³/mol. The van der Waals surface area contributed by atoms with E-state index >= 15 is 0 Å². The number of nitrogens with one attached hydrogen (secondary N) is 2. The van der Waals surface area contributed by atoms with Crippen molar-refractivity contribution in [3.63, 3.8) is 0 Å². The van der Waals surface area contributed by atoms with Gasteiger partial charge in [-0.15, -0.1) is 24.0 Å². The zero-order valence-corrected chi connectivity index (χ0v) is 20.3. The lowest BCUT2D eigenvalue weighted by molar-refractivity contribution is 0.0698. The van der Waals surface area contributed by atoms with Crippen LogP contribution in [0.2, 0.25) is 0 Å². The molecule has 1 saturated heterocycles. The molecule has 0 aliphatic carbocycles. The van der Waals surface area contributed by atoms with Gasteiger partial charge in [-0.25, -0.2) is 0 Å². The Morgan fingerprint density at radius 1 is 1.07 bits per heavy atom. The molecule has 1 aliphatic rings. The summed E-state index contributed by atoms with van der Waals surface area (Å²) in [5, 5.41) is 6.77. The molecule has 7 nitrogen and oxygen atoms in total. The van der Waals surface area contributed by atoms with Crippen LogP contribution >= 0.6 is 24.0 Å². The van der Waals surface area contributed by atoms with E-state index < -0.39 is 0 Å². The maximum atomic E-state index is 5.50. The van der Waals surface area contributed by atoms with Gasteiger partial charge in [-0.1, -0.05) is 13.8 Å². The lowest BCUT2D eigenvalue weighted by atomic mass is 10.0. The molecular formula is C19H42IN5O2. The summed E-state index contributed by atoms with van der Waals surface area (Å²) in [6, 6.07) is 0.497. The van der Waals surface area contributed by atoms with Crippen molar-refractivity contribution in [1.82, 2.24) is 20.4 Å². The molecule has 0 bridgehead atoms. The minimum atomic E-state index is 0. The highest BCUT2D eigenvalue weighted by Gasteiger charge is 2.24. The van der Waals surface area contributed by atoms with Gasteiger partial charge in [-0.2, -0.15) is 0 Å². The molecule has 1 aliphatic heterocycles. The lowest BCUT2D eigenvalue weighted by Gasteiger charge is -2.39. The second-order valence-electron chi connectivity index (χ2n) is 7.26. The van der Waals surface area contributed by atoms with Crippen molar-refractivity contribution in [1.29, 1.82) is 0 Å².